The highest BCUT2D eigenvalue weighted by Crippen LogP contribution is 2.25. The van der Waals surface area contributed by atoms with Crippen molar-refractivity contribution in [2.45, 2.75) is 13.5 Å². The number of pyridine rings is 1. The van der Waals surface area contributed by atoms with Gasteiger partial charge in [-0.25, -0.2) is 9.77 Å². The Labute approximate surface area is 149 Å². The predicted molar refractivity (Wildman–Crippen MR) is 96.3 cm³/mol. The van der Waals surface area contributed by atoms with E-state index in [1.807, 2.05) is 37.3 Å². The van der Waals surface area contributed by atoms with E-state index in [-0.39, 0.29) is 0 Å². The van der Waals surface area contributed by atoms with Crippen molar-refractivity contribution in [1.82, 2.24) is 19.9 Å². The molecule has 0 spiro atoms. The molecule has 0 bridgehead atoms. The Morgan fingerprint density at radius 2 is 2.08 bits per heavy atom. The maximum atomic E-state index is 6.22. The Hall–Kier alpha value is -2.38. The number of hydrogen-bond donors (Lipinski definition) is 2. The highest BCUT2D eigenvalue weighted by Gasteiger charge is 2.09. The lowest BCUT2D eigenvalue weighted by Gasteiger charge is -2.11. The highest BCUT2D eigenvalue weighted by molar-refractivity contribution is 7.71. The van der Waals surface area contributed by atoms with E-state index in [0.717, 1.165) is 11.1 Å². The van der Waals surface area contributed by atoms with Gasteiger partial charge >= 0.3 is 0 Å². The van der Waals surface area contributed by atoms with Crippen LogP contribution in [0.5, 0.6) is 5.75 Å². The summed E-state index contributed by atoms with van der Waals surface area (Å²) in [4.78, 5) is 4.01. The molecule has 0 radical (unpaired) electrons. The summed E-state index contributed by atoms with van der Waals surface area (Å²) in [5.74, 6) is 1.37. The van der Waals surface area contributed by atoms with Gasteiger partial charge in [0.25, 0.3) is 0 Å². The number of rotatable bonds is 6. The number of aromatic amines is 1. The first-order valence-electron chi connectivity index (χ1n) is 7.42. The third kappa shape index (κ3) is 3.58. The summed E-state index contributed by atoms with van der Waals surface area (Å²) >= 11 is 11.5. The van der Waals surface area contributed by atoms with Crippen molar-refractivity contribution in [1.29, 1.82) is 0 Å². The van der Waals surface area contributed by atoms with Gasteiger partial charge in [-0.2, -0.15) is 5.10 Å². The summed E-state index contributed by atoms with van der Waals surface area (Å²) in [6, 6.07) is 9.43. The summed E-state index contributed by atoms with van der Waals surface area (Å²) in [6.45, 7) is 3.04. The lowest BCUT2D eigenvalue weighted by atomic mass is 10.2. The van der Waals surface area contributed by atoms with E-state index < -0.39 is 0 Å². The van der Waals surface area contributed by atoms with Crippen molar-refractivity contribution in [2.75, 3.05) is 12.0 Å². The monoisotopic (exact) mass is 361 g/mol. The second kappa shape index (κ2) is 7.46. The summed E-state index contributed by atoms with van der Waals surface area (Å²) < 4.78 is 7.66. The van der Waals surface area contributed by atoms with E-state index in [2.05, 4.69) is 20.6 Å². The normalized spacial score (nSPS) is 10.6. The van der Waals surface area contributed by atoms with Crippen molar-refractivity contribution >= 4 is 23.8 Å². The Bertz CT molecular complexity index is 878. The molecule has 0 fully saturated rings. The molecule has 0 aliphatic carbocycles. The molecule has 6 nitrogen and oxygen atoms in total. The van der Waals surface area contributed by atoms with Crippen LogP contribution in [0.3, 0.4) is 0 Å². The lowest BCUT2D eigenvalue weighted by molar-refractivity contribution is 0.340. The van der Waals surface area contributed by atoms with Crippen LogP contribution in [0.25, 0.3) is 11.4 Å². The van der Waals surface area contributed by atoms with Gasteiger partial charge in [-0.1, -0.05) is 17.7 Å². The second-order valence-corrected chi connectivity index (χ2v) is 5.75. The highest BCUT2D eigenvalue weighted by atomic mass is 35.5. The molecular weight excluding hydrogens is 346 g/mol. The molecular formula is C16H16ClN5OS. The molecule has 3 aromatic rings. The zero-order valence-corrected chi connectivity index (χ0v) is 14.6. The summed E-state index contributed by atoms with van der Waals surface area (Å²) in [5, 5.41) is 7.64. The number of nitrogens with one attached hydrogen (secondary N) is 2. The molecule has 0 unspecified atom stereocenters. The van der Waals surface area contributed by atoms with Crippen LogP contribution in [-0.2, 0) is 6.54 Å². The van der Waals surface area contributed by atoms with E-state index in [1.165, 1.54) is 0 Å². The minimum absolute atomic E-state index is 0.485. The number of halogens is 1. The summed E-state index contributed by atoms with van der Waals surface area (Å²) in [5.41, 5.74) is 5.17. The van der Waals surface area contributed by atoms with Crippen LogP contribution in [0.4, 0.5) is 0 Å². The van der Waals surface area contributed by atoms with E-state index in [4.69, 9.17) is 28.6 Å². The third-order valence-electron chi connectivity index (χ3n) is 3.35. The molecule has 0 saturated carbocycles. The molecule has 1 aromatic carbocycles. The number of ether oxygens (including phenoxy) is 1. The van der Waals surface area contributed by atoms with Gasteiger partial charge in [0, 0.05) is 18.0 Å². The molecule has 0 saturated heterocycles. The van der Waals surface area contributed by atoms with Crippen molar-refractivity contribution in [3.8, 4) is 17.1 Å². The topological polar surface area (TPSA) is 67.8 Å². The van der Waals surface area contributed by atoms with E-state index in [0.29, 0.717) is 34.5 Å². The maximum Gasteiger partial charge on any atom is 0.214 e. The van der Waals surface area contributed by atoms with Crippen molar-refractivity contribution < 1.29 is 4.74 Å². The quantitative estimate of drug-likeness (QED) is 0.654. The molecule has 24 heavy (non-hydrogen) atoms. The molecule has 124 valence electrons. The van der Waals surface area contributed by atoms with Gasteiger partial charge in [0.15, 0.2) is 5.82 Å². The van der Waals surface area contributed by atoms with Crippen LogP contribution < -0.4 is 10.2 Å². The van der Waals surface area contributed by atoms with Crippen molar-refractivity contribution in [3.63, 3.8) is 0 Å². The fourth-order valence-corrected chi connectivity index (χ4v) is 2.69. The third-order valence-corrected chi connectivity index (χ3v) is 3.92. The second-order valence-electron chi connectivity index (χ2n) is 4.96. The smallest absolute Gasteiger partial charge is 0.214 e. The van der Waals surface area contributed by atoms with E-state index in [9.17, 15) is 0 Å². The average Bonchev–Trinajstić information content (AvgIpc) is 2.97. The molecule has 8 heteroatoms. The van der Waals surface area contributed by atoms with Gasteiger partial charge < -0.3 is 10.2 Å². The van der Waals surface area contributed by atoms with Crippen LogP contribution in [-0.4, -0.2) is 26.5 Å². The lowest BCUT2D eigenvalue weighted by Crippen LogP contribution is -2.16. The zero-order valence-electron chi connectivity index (χ0n) is 13.0. The van der Waals surface area contributed by atoms with E-state index >= 15 is 0 Å². The standard InChI is InChI=1S/C16H16ClN5OS/c1-2-23-14-4-3-11(9-13(14)17)10-19-22-15(20-21-16(22)24)12-5-7-18-8-6-12/h3-9,19H,2,10H2,1H3,(H,21,24). The average molecular weight is 362 g/mol. The summed E-state index contributed by atoms with van der Waals surface area (Å²) in [7, 11) is 0. The van der Waals surface area contributed by atoms with Gasteiger partial charge in [0.2, 0.25) is 4.77 Å². The summed E-state index contributed by atoms with van der Waals surface area (Å²) in [6.07, 6.45) is 3.42. The van der Waals surface area contributed by atoms with Gasteiger partial charge in [-0.05, 0) is 49.0 Å². The largest absolute Gasteiger partial charge is 0.492 e. The van der Waals surface area contributed by atoms with E-state index in [1.54, 1.807) is 17.1 Å². The first-order valence-corrected chi connectivity index (χ1v) is 8.20. The molecule has 0 amide bonds. The fraction of sp³-hybridized carbons (Fsp3) is 0.188. The van der Waals surface area contributed by atoms with Crippen LogP contribution in [0.2, 0.25) is 5.02 Å². The van der Waals surface area contributed by atoms with Gasteiger partial charge in [0.05, 0.1) is 18.2 Å². The first-order chi connectivity index (χ1) is 11.7. The molecule has 0 atom stereocenters. The number of benzene rings is 1. The number of aromatic nitrogens is 4. The van der Waals surface area contributed by atoms with Crippen molar-refractivity contribution in [2.24, 2.45) is 0 Å². The Morgan fingerprint density at radius 3 is 2.79 bits per heavy atom. The van der Waals surface area contributed by atoms with Crippen molar-refractivity contribution in [3.05, 3.63) is 58.1 Å². The first kappa shape index (κ1) is 16.5. The number of nitrogens with zero attached hydrogens (tertiary/aromatic N) is 3. The predicted octanol–water partition coefficient (Wildman–Crippen LogP) is 3.80. The van der Waals surface area contributed by atoms with Gasteiger partial charge in [-0.15, -0.1) is 0 Å². The van der Waals surface area contributed by atoms with Crippen LogP contribution >= 0.6 is 23.8 Å². The number of hydrogen-bond acceptors (Lipinski definition) is 5. The minimum atomic E-state index is 0.485. The van der Waals surface area contributed by atoms with Crippen LogP contribution in [0.1, 0.15) is 12.5 Å². The molecule has 2 N–H and O–H groups in total. The molecule has 2 heterocycles. The maximum absolute atomic E-state index is 6.22. The molecule has 3 rings (SSSR count). The minimum Gasteiger partial charge on any atom is -0.492 e. The molecule has 0 aliphatic rings. The van der Waals surface area contributed by atoms with Crippen LogP contribution in [0.15, 0.2) is 42.7 Å². The fourth-order valence-electron chi connectivity index (χ4n) is 2.24. The SMILES string of the molecule is CCOc1ccc(CNn2c(-c3ccncc3)n[nH]c2=S)cc1Cl. The Kier molecular flexibility index (Phi) is 5.12. The molecule has 2 aromatic heterocycles. The van der Waals surface area contributed by atoms with Crippen LogP contribution in [0, 0.1) is 4.77 Å². The zero-order chi connectivity index (χ0) is 16.9. The Morgan fingerprint density at radius 1 is 1.29 bits per heavy atom. The van der Waals surface area contributed by atoms with Gasteiger partial charge in [-0.3, -0.25) is 4.98 Å². The molecule has 0 aliphatic heterocycles. The number of H-pyrrole nitrogens is 1. The van der Waals surface area contributed by atoms with Gasteiger partial charge in [0.1, 0.15) is 5.75 Å². The Balaban J connectivity index is 1.79.